The van der Waals surface area contributed by atoms with Gasteiger partial charge in [-0.05, 0) is 38.5 Å². The summed E-state index contributed by atoms with van der Waals surface area (Å²) in [5.41, 5.74) is 0. The fourth-order valence-electron chi connectivity index (χ4n) is 2.33. The van der Waals surface area contributed by atoms with Gasteiger partial charge >= 0.3 is 0 Å². The van der Waals surface area contributed by atoms with Gasteiger partial charge in [0.15, 0.2) is 0 Å². The SMILES string of the molecule is CC(NCC(O)COCC1CC1)C(=O)N1CCCC1. The lowest BCUT2D eigenvalue weighted by Gasteiger charge is -2.22. The lowest BCUT2D eigenvalue weighted by atomic mass is 10.2. The van der Waals surface area contributed by atoms with Gasteiger partial charge in [-0.25, -0.2) is 0 Å². The maximum Gasteiger partial charge on any atom is 0.239 e. The normalized spacial score (nSPS) is 22.5. The molecule has 1 saturated carbocycles. The number of aliphatic hydroxyl groups excluding tert-OH is 1. The number of likely N-dealkylation sites (tertiary alicyclic amines) is 1. The van der Waals surface area contributed by atoms with Crippen molar-refractivity contribution >= 4 is 5.91 Å². The minimum atomic E-state index is -0.535. The third-order valence-corrected chi connectivity index (χ3v) is 3.81. The minimum absolute atomic E-state index is 0.142. The number of hydrogen-bond acceptors (Lipinski definition) is 4. The van der Waals surface area contributed by atoms with Crippen molar-refractivity contribution in [3.8, 4) is 0 Å². The average molecular weight is 270 g/mol. The molecule has 1 aliphatic carbocycles. The molecule has 1 heterocycles. The number of carbonyl (C=O) groups is 1. The third-order valence-electron chi connectivity index (χ3n) is 3.81. The van der Waals surface area contributed by atoms with Crippen LogP contribution in [0.5, 0.6) is 0 Å². The van der Waals surface area contributed by atoms with E-state index < -0.39 is 6.10 Å². The second-order valence-corrected chi connectivity index (χ2v) is 5.80. The Morgan fingerprint density at radius 2 is 2.11 bits per heavy atom. The first-order chi connectivity index (χ1) is 9.16. The Labute approximate surface area is 115 Å². The monoisotopic (exact) mass is 270 g/mol. The van der Waals surface area contributed by atoms with Crippen LogP contribution in [0.1, 0.15) is 32.6 Å². The van der Waals surface area contributed by atoms with Crippen LogP contribution in [0.4, 0.5) is 0 Å². The highest BCUT2D eigenvalue weighted by Gasteiger charge is 2.24. The first kappa shape index (κ1) is 14.8. The number of nitrogens with zero attached hydrogens (tertiary/aromatic N) is 1. The van der Waals surface area contributed by atoms with Gasteiger partial charge in [-0.15, -0.1) is 0 Å². The molecule has 0 aromatic rings. The Kier molecular flexibility index (Phi) is 5.60. The van der Waals surface area contributed by atoms with E-state index in [1.807, 2.05) is 11.8 Å². The fourth-order valence-corrected chi connectivity index (χ4v) is 2.33. The van der Waals surface area contributed by atoms with Gasteiger partial charge in [0.05, 0.1) is 18.8 Å². The molecule has 2 unspecified atom stereocenters. The summed E-state index contributed by atoms with van der Waals surface area (Å²) < 4.78 is 5.43. The quantitative estimate of drug-likeness (QED) is 0.669. The molecule has 19 heavy (non-hydrogen) atoms. The lowest BCUT2D eigenvalue weighted by molar-refractivity contribution is -0.132. The molecule has 1 saturated heterocycles. The van der Waals surface area contributed by atoms with E-state index in [1.54, 1.807) is 0 Å². The highest BCUT2D eigenvalue weighted by Crippen LogP contribution is 2.28. The number of hydrogen-bond donors (Lipinski definition) is 2. The van der Waals surface area contributed by atoms with Crippen molar-refractivity contribution in [3.63, 3.8) is 0 Å². The number of amides is 1. The van der Waals surface area contributed by atoms with Gasteiger partial charge in [-0.2, -0.15) is 0 Å². The molecule has 5 nitrogen and oxygen atoms in total. The molecule has 1 amide bonds. The molecule has 2 rings (SSSR count). The molecule has 0 spiro atoms. The summed E-state index contributed by atoms with van der Waals surface area (Å²) in [6, 6.07) is -0.226. The van der Waals surface area contributed by atoms with E-state index in [4.69, 9.17) is 4.74 Å². The summed E-state index contributed by atoms with van der Waals surface area (Å²) >= 11 is 0. The third kappa shape index (κ3) is 5.09. The predicted octanol–water partition coefficient (Wildman–Crippen LogP) is 0.374. The molecular formula is C14H26N2O3. The van der Waals surface area contributed by atoms with Crippen LogP contribution >= 0.6 is 0 Å². The van der Waals surface area contributed by atoms with Crippen LogP contribution in [0, 0.1) is 5.92 Å². The Morgan fingerprint density at radius 1 is 1.42 bits per heavy atom. The average Bonchev–Trinajstić information content (AvgIpc) is 3.06. The molecule has 0 aromatic carbocycles. The topological polar surface area (TPSA) is 61.8 Å². The molecule has 2 N–H and O–H groups in total. The molecule has 5 heteroatoms. The molecule has 2 fully saturated rings. The van der Waals surface area contributed by atoms with Crippen LogP contribution in [-0.2, 0) is 9.53 Å². The minimum Gasteiger partial charge on any atom is -0.389 e. The zero-order chi connectivity index (χ0) is 13.7. The largest absolute Gasteiger partial charge is 0.389 e. The van der Waals surface area contributed by atoms with Crippen molar-refractivity contribution in [1.82, 2.24) is 10.2 Å². The highest BCUT2D eigenvalue weighted by molar-refractivity contribution is 5.81. The van der Waals surface area contributed by atoms with E-state index in [0.717, 1.165) is 38.5 Å². The van der Waals surface area contributed by atoms with Gasteiger partial charge in [0, 0.05) is 26.2 Å². The Balaban J connectivity index is 1.55. The van der Waals surface area contributed by atoms with Gasteiger partial charge in [-0.1, -0.05) is 0 Å². The van der Waals surface area contributed by atoms with Crippen LogP contribution in [-0.4, -0.2) is 60.9 Å². The lowest BCUT2D eigenvalue weighted by Crippen LogP contribution is -2.46. The molecule has 0 radical (unpaired) electrons. The number of rotatable bonds is 8. The molecule has 110 valence electrons. The molecule has 0 aromatic heterocycles. The number of ether oxygens (including phenoxy) is 1. The number of carbonyl (C=O) groups excluding carboxylic acids is 1. The van der Waals surface area contributed by atoms with Crippen LogP contribution < -0.4 is 5.32 Å². The Bertz CT molecular complexity index is 288. The van der Waals surface area contributed by atoms with Crippen molar-refractivity contribution in [2.45, 2.75) is 44.8 Å². The van der Waals surface area contributed by atoms with Gasteiger partial charge in [0.1, 0.15) is 0 Å². The highest BCUT2D eigenvalue weighted by atomic mass is 16.5. The Hall–Kier alpha value is -0.650. The summed E-state index contributed by atoms with van der Waals surface area (Å²) in [6.45, 7) is 5.13. The van der Waals surface area contributed by atoms with Crippen LogP contribution in [0.3, 0.4) is 0 Å². The maximum atomic E-state index is 12.0. The maximum absolute atomic E-state index is 12.0. The zero-order valence-electron chi connectivity index (χ0n) is 11.8. The number of aliphatic hydroxyl groups is 1. The second-order valence-electron chi connectivity index (χ2n) is 5.80. The molecule has 2 atom stereocenters. The summed E-state index contributed by atoms with van der Waals surface area (Å²) in [5.74, 6) is 0.861. The van der Waals surface area contributed by atoms with E-state index in [1.165, 1.54) is 12.8 Å². The summed E-state index contributed by atoms with van der Waals surface area (Å²) in [6.07, 6.45) is 4.20. The van der Waals surface area contributed by atoms with Gasteiger partial charge < -0.3 is 20.1 Å². The van der Waals surface area contributed by atoms with Crippen molar-refractivity contribution in [2.75, 3.05) is 32.8 Å². The van der Waals surface area contributed by atoms with E-state index in [9.17, 15) is 9.90 Å². The van der Waals surface area contributed by atoms with E-state index >= 15 is 0 Å². The summed E-state index contributed by atoms with van der Waals surface area (Å²) in [5, 5.41) is 12.9. The van der Waals surface area contributed by atoms with E-state index in [2.05, 4.69) is 5.32 Å². The second kappa shape index (κ2) is 7.22. The van der Waals surface area contributed by atoms with Gasteiger partial charge in [-0.3, -0.25) is 4.79 Å². The molecule has 1 aliphatic heterocycles. The molecular weight excluding hydrogens is 244 g/mol. The summed E-state index contributed by atoms with van der Waals surface area (Å²) in [4.78, 5) is 13.9. The standard InChI is InChI=1S/C14H26N2O3/c1-11(14(18)16-6-2-3-7-16)15-8-13(17)10-19-9-12-4-5-12/h11-13,15,17H,2-10H2,1H3. The van der Waals surface area contributed by atoms with E-state index in [0.29, 0.717) is 13.2 Å². The smallest absolute Gasteiger partial charge is 0.239 e. The van der Waals surface area contributed by atoms with Crippen molar-refractivity contribution in [1.29, 1.82) is 0 Å². The van der Waals surface area contributed by atoms with Crippen LogP contribution in [0.25, 0.3) is 0 Å². The van der Waals surface area contributed by atoms with Crippen molar-refractivity contribution in [3.05, 3.63) is 0 Å². The van der Waals surface area contributed by atoms with Gasteiger partial charge in [0.2, 0.25) is 5.91 Å². The Morgan fingerprint density at radius 3 is 2.74 bits per heavy atom. The zero-order valence-corrected chi connectivity index (χ0v) is 11.8. The first-order valence-corrected chi connectivity index (χ1v) is 7.45. The number of nitrogens with one attached hydrogen (secondary N) is 1. The van der Waals surface area contributed by atoms with E-state index in [-0.39, 0.29) is 11.9 Å². The van der Waals surface area contributed by atoms with Crippen molar-refractivity contribution in [2.24, 2.45) is 5.92 Å². The molecule has 0 bridgehead atoms. The van der Waals surface area contributed by atoms with Crippen LogP contribution in [0.2, 0.25) is 0 Å². The predicted molar refractivity (Wildman–Crippen MR) is 72.8 cm³/mol. The molecule has 2 aliphatic rings. The summed E-state index contributed by atoms with van der Waals surface area (Å²) in [7, 11) is 0. The van der Waals surface area contributed by atoms with Crippen molar-refractivity contribution < 1.29 is 14.6 Å². The van der Waals surface area contributed by atoms with Crippen LogP contribution in [0.15, 0.2) is 0 Å². The van der Waals surface area contributed by atoms with Gasteiger partial charge in [0.25, 0.3) is 0 Å². The fraction of sp³-hybridized carbons (Fsp3) is 0.929. The first-order valence-electron chi connectivity index (χ1n) is 7.45.